The lowest BCUT2D eigenvalue weighted by Crippen LogP contribution is -2.36. The van der Waals surface area contributed by atoms with Crippen LogP contribution in [-0.4, -0.2) is 32.6 Å². The Hall–Kier alpha value is -2.18. The van der Waals surface area contributed by atoms with Crippen molar-refractivity contribution in [3.8, 4) is 0 Å². The lowest BCUT2D eigenvalue weighted by atomic mass is 10.1. The van der Waals surface area contributed by atoms with Crippen LogP contribution in [-0.2, 0) is 11.2 Å². The highest BCUT2D eigenvalue weighted by molar-refractivity contribution is 5.78. The number of carbonyl (C=O) groups excluding carboxylic acids is 1. The van der Waals surface area contributed by atoms with Crippen LogP contribution in [0.4, 0.5) is 0 Å². The van der Waals surface area contributed by atoms with Crippen molar-refractivity contribution in [2.24, 2.45) is 0 Å². The van der Waals surface area contributed by atoms with Crippen LogP contribution >= 0.6 is 0 Å². The van der Waals surface area contributed by atoms with E-state index in [2.05, 4.69) is 15.3 Å². The van der Waals surface area contributed by atoms with Gasteiger partial charge in [-0.2, -0.15) is 4.98 Å². The summed E-state index contributed by atoms with van der Waals surface area (Å²) < 4.78 is 10.4. The molecule has 3 heterocycles. The Balaban J connectivity index is 1.79. The smallest absolute Gasteiger partial charge is 0.229 e. The van der Waals surface area contributed by atoms with E-state index in [0.717, 1.165) is 25.7 Å². The molecule has 0 aromatic carbocycles. The van der Waals surface area contributed by atoms with Crippen molar-refractivity contribution < 1.29 is 13.8 Å². The van der Waals surface area contributed by atoms with E-state index >= 15 is 0 Å². The van der Waals surface area contributed by atoms with Gasteiger partial charge in [0.2, 0.25) is 11.8 Å². The molecular formula is C17H24N4O3. The number of aryl methyl sites for hydroxylation is 1. The van der Waals surface area contributed by atoms with E-state index in [1.807, 2.05) is 25.7 Å². The van der Waals surface area contributed by atoms with Crippen LogP contribution in [0.25, 0.3) is 0 Å². The van der Waals surface area contributed by atoms with E-state index < -0.39 is 0 Å². The zero-order valence-electron chi connectivity index (χ0n) is 14.5. The molecule has 0 saturated carbocycles. The Morgan fingerprint density at radius 2 is 2.12 bits per heavy atom. The van der Waals surface area contributed by atoms with E-state index in [1.165, 1.54) is 0 Å². The van der Waals surface area contributed by atoms with Gasteiger partial charge in [-0.15, -0.1) is 0 Å². The Morgan fingerprint density at radius 1 is 1.29 bits per heavy atom. The molecule has 0 radical (unpaired) electrons. The van der Waals surface area contributed by atoms with E-state index in [1.54, 1.807) is 6.07 Å². The lowest BCUT2D eigenvalue weighted by molar-refractivity contribution is -0.133. The molecule has 2 aromatic heterocycles. The maximum absolute atomic E-state index is 12.8. The third-order valence-corrected chi connectivity index (χ3v) is 4.33. The molecule has 1 amide bonds. The molecular weight excluding hydrogens is 308 g/mol. The van der Waals surface area contributed by atoms with E-state index in [-0.39, 0.29) is 24.3 Å². The third-order valence-electron chi connectivity index (χ3n) is 4.33. The molecule has 0 unspecified atom stereocenters. The van der Waals surface area contributed by atoms with Crippen molar-refractivity contribution in [3.63, 3.8) is 0 Å². The van der Waals surface area contributed by atoms with Gasteiger partial charge >= 0.3 is 0 Å². The molecule has 24 heavy (non-hydrogen) atoms. The minimum atomic E-state index is -0.121. The van der Waals surface area contributed by atoms with Gasteiger partial charge in [0.15, 0.2) is 5.82 Å². The number of rotatable bonds is 4. The minimum absolute atomic E-state index is 0.0334. The van der Waals surface area contributed by atoms with Crippen LogP contribution in [0, 0.1) is 6.92 Å². The van der Waals surface area contributed by atoms with Crippen molar-refractivity contribution in [1.82, 2.24) is 20.2 Å². The highest BCUT2D eigenvalue weighted by atomic mass is 16.5. The molecule has 1 aliphatic rings. The number of carbonyl (C=O) groups is 1. The van der Waals surface area contributed by atoms with Crippen LogP contribution in [0.3, 0.4) is 0 Å². The highest BCUT2D eigenvalue weighted by Crippen LogP contribution is 2.29. The molecule has 1 aliphatic heterocycles. The second-order valence-electron chi connectivity index (χ2n) is 6.70. The number of aromatic nitrogens is 3. The summed E-state index contributed by atoms with van der Waals surface area (Å²) in [6.07, 6.45) is 4.26. The topological polar surface area (TPSA) is 85.3 Å². The Morgan fingerprint density at radius 3 is 2.79 bits per heavy atom. The second kappa shape index (κ2) is 7.15. The number of hydrogen-bond acceptors (Lipinski definition) is 6. The van der Waals surface area contributed by atoms with Gasteiger partial charge in [-0.1, -0.05) is 37.0 Å². The number of likely N-dealkylation sites (tertiary alicyclic amines) is 1. The van der Waals surface area contributed by atoms with Crippen molar-refractivity contribution >= 4 is 5.91 Å². The first kappa shape index (κ1) is 16.7. The van der Waals surface area contributed by atoms with E-state index in [0.29, 0.717) is 29.7 Å². The molecule has 0 spiro atoms. The molecule has 7 heteroatoms. The molecule has 3 rings (SSSR count). The van der Waals surface area contributed by atoms with Crippen LogP contribution < -0.4 is 0 Å². The number of nitrogens with zero attached hydrogens (tertiary/aromatic N) is 4. The quantitative estimate of drug-likeness (QED) is 0.855. The molecule has 0 bridgehead atoms. The zero-order chi connectivity index (χ0) is 17.1. The zero-order valence-corrected chi connectivity index (χ0v) is 14.5. The van der Waals surface area contributed by atoms with Crippen molar-refractivity contribution in [2.45, 2.75) is 64.8 Å². The summed E-state index contributed by atoms with van der Waals surface area (Å²) >= 11 is 0. The van der Waals surface area contributed by atoms with Gasteiger partial charge in [0.1, 0.15) is 5.76 Å². The van der Waals surface area contributed by atoms with E-state index in [9.17, 15) is 4.79 Å². The van der Waals surface area contributed by atoms with Gasteiger partial charge in [0.25, 0.3) is 0 Å². The first-order valence-electron chi connectivity index (χ1n) is 8.59. The van der Waals surface area contributed by atoms with Crippen LogP contribution in [0.15, 0.2) is 15.1 Å². The van der Waals surface area contributed by atoms with Gasteiger partial charge in [-0.25, -0.2) is 0 Å². The number of amides is 1. The largest absolute Gasteiger partial charge is 0.361 e. The van der Waals surface area contributed by atoms with Crippen molar-refractivity contribution in [3.05, 3.63) is 29.2 Å². The molecule has 130 valence electrons. The summed E-state index contributed by atoms with van der Waals surface area (Å²) in [5.41, 5.74) is 0.663. The molecule has 1 saturated heterocycles. The van der Waals surface area contributed by atoms with Gasteiger partial charge in [0.05, 0.1) is 18.2 Å². The fourth-order valence-corrected chi connectivity index (χ4v) is 3.05. The summed E-state index contributed by atoms with van der Waals surface area (Å²) in [6.45, 7) is 6.56. The molecule has 2 aromatic rings. The van der Waals surface area contributed by atoms with Gasteiger partial charge < -0.3 is 13.9 Å². The second-order valence-corrected chi connectivity index (χ2v) is 6.70. The summed E-state index contributed by atoms with van der Waals surface area (Å²) in [4.78, 5) is 19.2. The summed E-state index contributed by atoms with van der Waals surface area (Å²) in [7, 11) is 0. The van der Waals surface area contributed by atoms with Gasteiger partial charge in [-0.3, -0.25) is 4.79 Å². The summed E-state index contributed by atoms with van der Waals surface area (Å²) in [5.74, 6) is 2.16. The average molecular weight is 332 g/mol. The molecule has 0 aliphatic carbocycles. The maximum atomic E-state index is 12.8. The molecule has 0 N–H and O–H groups in total. The molecule has 7 nitrogen and oxygen atoms in total. The van der Waals surface area contributed by atoms with Crippen LogP contribution in [0.5, 0.6) is 0 Å². The molecule has 1 fully saturated rings. The Bertz CT molecular complexity index is 692. The molecule has 1 atom stereocenters. The standard InChI is InChI=1S/C17H24N4O3/c1-11(2)17-18-16(20-24-17)14-7-5-4-6-8-21(14)15(22)10-13-9-12(3)23-19-13/h9,11,14H,4-8,10H2,1-3H3/t14-/m0/s1. The predicted molar refractivity (Wildman–Crippen MR) is 86.3 cm³/mol. The Labute approximate surface area is 141 Å². The highest BCUT2D eigenvalue weighted by Gasteiger charge is 2.31. The van der Waals surface area contributed by atoms with Crippen molar-refractivity contribution in [1.29, 1.82) is 0 Å². The first-order chi connectivity index (χ1) is 11.5. The van der Waals surface area contributed by atoms with Gasteiger partial charge in [0, 0.05) is 18.5 Å². The lowest BCUT2D eigenvalue weighted by Gasteiger charge is -2.27. The monoisotopic (exact) mass is 332 g/mol. The minimum Gasteiger partial charge on any atom is -0.361 e. The van der Waals surface area contributed by atoms with Gasteiger partial charge in [-0.05, 0) is 19.8 Å². The fourth-order valence-electron chi connectivity index (χ4n) is 3.05. The summed E-state index contributed by atoms with van der Waals surface area (Å²) in [6, 6.07) is 1.68. The predicted octanol–water partition coefficient (Wildman–Crippen LogP) is 3.18. The normalized spacial score (nSPS) is 18.8. The average Bonchev–Trinajstić information content (AvgIpc) is 3.10. The van der Waals surface area contributed by atoms with Crippen LogP contribution in [0.1, 0.15) is 74.7 Å². The SMILES string of the molecule is Cc1cc(CC(=O)N2CCCCC[C@H]2c2noc(C(C)C)n2)no1. The van der Waals surface area contributed by atoms with Crippen LogP contribution in [0.2, 0.25) is 0 Å². The fraction of sp³-hybridized carbons (Fsp3) is 0.647. The third kappa shape index (κ3) is 3.66. The maximum Gasteiger partial charge on any atom is 0.229 e. The Kier molecular flexibility index (Phi) is 4.97. The number of hydrogen-bond donors (Lipinski definition) is 0. The van der Waals surface area contributed by atoms with Crippen molar-refractivity contribution in [2.75, 3.05) is 6.54 Å². The summed E-state index contributed by atoms with van der Waals surface area (Å²) in [5, 5.41) is 8.06. The first-order valence-corrected chi connectivity index (χ1v) is 8.59. The van der Waals surface area contributed by atoms with E-state index in [4.69, 9.17) is 9.05 Å².